The van der Waals surface area contributed by atoms with Crippen molar-refractivity contribution in [3.8, 4) is 0 Å². The minimum absolute atomic E-state index is 0.220. The first-order chi connectivity index (χ1) is 11.8. The molecule has 124 valence electrons. The summed E-state index contributed by atoms with van der Waals surface area (Å²) in [4.78, 5) is 26.5. The number of rotatable bonds is 4. The normalized spacial score (nSPS) is 18.2. The summed E-state index contributed by atoms with van der Waals surface area (Å²) in [5.74, 6) is 1.46. The molecule has 2 aromatic heterocycles. The molecule has 6 heteroatoms. The topological polar surface area (TPSA) is 61.9 Å². The smallest absolute Gasteiger partial charge is 0.223 e. The van der Waals surface area contributed by atoms with Gasteiger partial charge in [-0.05, 0) is 25.0 Å². The maximum atomic E-state index is 12.5. The van der Waals surface area contributed by atoms with Gasteiger partial charge in [0.1, 0.15) is 5.82 Å². The molecule has 1 unspecified atom stereocenters. The number of aryl methyl sites for hydroxylation is 1. The highest BCUT2D eigenvalue weighted by Gasteiger charge is 2.26. The van der Waals surface area contributed by atoms with E-state index in [4.69, 9.17) is 4.98 Å². The lowest BCUT2D eigenvalue weighted by Crippen LogP contribution is -2.39. The summed E-state index contributed by atoms with van der Waals surface area (Å²) in [6.07, 6.45) is 6.87. The van der Waals surface area contributed by atoms with Crippen molar-refractivity contribution in [2.45, 2.75) is 31.6 Å². The third kappa shape index (κ3) is 3.19. The summed E-state index contributed by atoms with van der Waals surface area (Å²) in [5, 5.41) is 1.17. The zero-order valence-corrected chi connectivity index (χ0v) is 14.3. The SMILES string of the molecule is O=C(CCc1ncc[nH]1)N1CCCC(c2nc3ccccc3s2)C1. The van der Waals surface area contributed by atoms with E-state index >= 15 is 0 Å². The molecular formula is C18H20N4OS. The molecule has 1 aliphatic heterocycles. The molecule has 1 aliphatic rings. The van der Waals surface area contributed by atoms with Gasteiger partial charge >= 0.3 is 0 Å². The first-order valence-electron chi connectivity index (χ1n) is 8.41. The number of hydrogen-bond acceptors (Lipinski definition) is 4. The second-order valence-corrected chi connectivity index (χ2v) is 7.30. The van der Waals surface area contributed by atoms with Crippen molar-refractivity contribution in [2.24, 2.45) is 0 Å². The van der Waals surface area contributed by atoms with Crippen molar-refractivity contribution in [1.82, 2.24) is 19.9 Å². The summed E-state index contributed by atoms with van der Waals surface area (Å²) in [5.41, 5.74) is 1.07. The molecule has 1 amide bonds. The predicted octanol–water partition coefficient (Wildman–Crippen LogP) is 3.36. The van der Waals surface area contributed by atoms with Crippen molar-refractivity contribution in [2.75, 3.05) is 13.1 Å². The Hall–Kier alpha value is -2.21. The quantitative estimate of drug-likeness (QED) is 0.792. The second-order valence-electron chi connectivity index (χ2n) is 6.23. The molecule has 0 saturated carbocycles. The fourth-order valence-corrected chi connectivity index (χ4v) is 4.38. The van der Waals surface area contributed by atoms with E-state index in [1.54, 1.807) is 23.7 Å². The van der Waals surface area contributed by atoms with Gasteiger partial charge in [-0.1, -0.05) is 12.1 Å². The van der Waals surface area contributed by atoms with Gasteiger partial charge in [0.15, 0.2) is 0 Å². The minimum Gasteiger partial charge on any atom is -0.349 e. The van der Waals surface area contributed by atoms with E-state index in [0.717, 1.165) is 37.3 Å². The molecule has 0 bridgehead atoms. The Labute approximate surface area is 144 Å². The monoisotopic (exact) mass is 340 g/mol. The lowest BCUT2D eigenvalue weighted by Gasteiger charge is -2.31. The van der Waals surface area contributed by atoms with Gasteiger partial charge in [0.05, 0.1) is 15.2 Å². The molecule has 1 saturated heterocycles. The molecule has 0 aliphatic carbocycles. The van der Waals surface area contributed by atoms with Crippen molar-refractivity contribution in [1.29, 1.82) is 0 Å². The van der Waals surface area contributed by atoms with E-state index in [9.17, 15) is 4.79 Å². The highest BCUT2D eigenvalue weighted by molar-refractivity contribution is 7.18. The lowest BCUT2D eigenvalue weighted by molar-refractivity contribution is -0.132. The van der Waals surface area contributed by atoms with Crippen LogP contribution in [0, 0.1) is 0 Å². The number of hydrogen-bond donors (Lipinski definition) is 1. The summed E-state index contributed by atoms with van der Waals surface area (Å²) >= 11 is 1.76. The Morgan fingerprint density at radius 1 is 1.38 bits per heavy atom. The Bertz CT molecular complexity index is 794. The first kappa shape index (κ1) is 15.3. The number of amides is 1. The van der Waals surface area contributed by atoms with Gasteiger partial charge in [0, 0.05) is 44.2 Å². The minimum atomic E-state index is 0.220. The van der Waals surface area contributed by atoms with Crippen LogP contribution < -0.4 is 0 Å². The zero-order chi connectivity index (χ0) is 16.4. The third-order valence-electron chi connectivity index (χ3n) is 4.56. The number of nitrogens with zero attached hydrogens (tertiary/aromatic N) is 3. The number of nitrogens with one attached hydrogen (secondary N) is 1. The number of benzene rings is 1. The molecule has 1 aromatic carbocycles. The maximum Gasteiger partial charge on any atom is 0.223 e. The van der Waals surface area contributed by atoms with Crippen LogP contribution in [-0.2, 0) is 11.2 Å². The van der Waals surface area contributed by atoms with Crippen LogP contribution in [0.1, 0.15) is 36.0 Å². The van der Waals surface area contributed by atoms with Crippen LogP contribution in [0.2, 0.25) is 0 Å². The van der Waals surface area contributed by atoms with Crippen LogP contribution in [0.5, 0.6) is 0 Å². The van der Waals surface area contributed by atoms with Crippen LogP contribution in [0.4, 0.5) is 0 Å². The van der Waals surface area contributed by atoms with Crippen molar-refractivity contribution in [3.63, 3.8) is 0 Å². The van der Waals surface area contributed by atoms with Crippen LogP contribution in [-0.4, -0.2) is 38.8 Å². The molecular weight excluding hydrogens is 320 g/mol. The molecule has 3 heterocycles. The highest BCUT2D eigenvalue weighted by atomic mass is 32.1. The molecule has 5 nitrogen and oxygen atoms in total. The molecule has 3 aromatic rings. The van der Waals surface area contributed by atoms with E-state index in [1.807, 2.05) is 11.0 Å². The fourth-order valence-electron chi connectivity index (χ4n) is 3.29. The number of carbonyl (C=O) groups excluding carboxylic acids is 1. The Kier molecular flexibility index (Phi) is 4.30. The van der Waals surface area contributed by atoms with E-state index in [0.29, 0.717) is 18.8 Å². The Morgan fingerprint density at radius 3 is 3.12 bits per heavy atom. The van der Waals surface area contributed by atoms with Crippen molar-refractivity contribution < 1.29 is 4.79 Å². The van der Waals surface area contributed by atoms with Crippen LogP contribution in [0.25, 0.3) is 10.2 Å². The van der Waals surface area contributed by atoms with Gasteiger partial charge < -0.3 is 9.88 Å². The van der Waals surface area contributed by atoms with Gasteiger partial charge in [0.2, 0.25) is 5.91 Å². The van der Waals surface area contributed by atoms with Crippen molar-refractivity contribution in [3.05, 3.63) is 47.5 Å². The first-order valence-corrected chi connectivity index (χ1v) is 9.23. The lowest BCUT2D eigenvalue weighted by atomic mass is 9.98. The molecule has 1 fully saturated rings. The molecule has 0 radical (unpaired) electrons. The number of fused-ring (bicyclic) bond motifs is 1. The van der Waals surface area contributed by atoms with Crippen LogP contribution in [0.15, 0.2) is 36.7 Å². The average molecular weight is 340 g/mol. The molecule has 4 rings (SSSR count). The fraction of sp³-hybridized carbons (Fsp3) is 0.389. The predicted molar refractivity (Wildman–Crippen MR) is 95.1 cm³/mol. The van der Waals surface area contributed by atoms with E-state index in [2.05, 4.69) is 28.2 Å². The second kappa shape index (κ2) is 6.73. The number of aromatic nitrogens is 3. The Morgan fingerprint density at radius 2 is 2.29 bits per heavy atom. The highest BCUT2D eigenvalue weighted by Crippen LogP contribution is 2.33. The number of piperidine rings is 1. The zero-order valence-electron chi connectivity index (χ0n) is 13.4. The number of thiazole rings is 1. The van der Waals surface area contributed by atoms with Gasteiger partial charge in [-0.3, -0.25) is 4.79 Å². The molecule has 1 atom stereocenters. The van der Waals surface area contributed by atoms with Gasteiger partial charge in [0.25, 0.3) is 0 Å². The summed E-state index contributed by atoms with van der Waals surface area (Å²) in [6, 6.07) is 8.25. The number of para-hydroxylation sites is 1. The number of aromatic amines is 1. The van der Waals surface area contributed by atoms with E-state index in [-0.39, 0.29) is 5.91 Å². The number of carbonyl (C=O) groups is 1. The number of H-pyrrole nitrogens is 1. The summed E-state index contributed by atoms with van der Waals surface area (Å²) in [7, 11) is 0. The molecule has 0 spiro atoms. The molecule has 1 N–H and O–H groups in total. The van der Waals surface area contributed by atoms with Gasteiger partial charge in [-0.2, -0.15) is 0 Å². The van der Waals surface area contributed by atoms with E-state index in [1.165, 1.54) is 9.71 Å². The van der Waals surface area contributed by atoms with Crippen LogP contribution >= 0.6 is 11.3 Å². The van der Waals surface area contributed by atoms with Gasteiger partial charge in [-0.15, -0.1) is 11.3 Å². The standard InChI is InChI=1S/C18H20N4OS/c23-17(8-7-16-19-9-10-20-16)22-11-3-4-13(12-22)18-21-14-5-1-2-6-15(14)24-18/h1-2,5-6,9-10,13H,3-4,7-8,11-12H2,(H,19,20). The Balaban J connectivity index is 1.42. The summed E-state index contributed by atoms with van der Waals surface area (Å²) < 4.78 is 1.23. The number of imidazole rings is 1. The maximum absolute atomic E-state index is 12.5. The average Bonchev–Trinajstić information content (AvgIpc) is 3.29. The van der Waals surface area contributed by atoms with E-state index < -0.39 is 0 Å². The molecule has 24 heavy (non-hydrogen) atoms. The van der Waals surface area contributed by atoms with Crippen LogP contribution in [0.3, 0.4) is 0 Å². The number of likely N-dealkylation sites (tertiary alicyclic amines) is 1. The van der Waals surface area contributed by atoms with Gasteiger partial charge in [-0.25, -0.2) is 9.97 Å². The van der Waals surface area contributed by atoms with Crippen molar-refractivity contribution >= 4 is 27.5 Å². The summed E-state index contributed by atoms with van der Waals surface area (Å²) in [6.45, 7) is 1.65. The third-order valence-corrected chi connectivity index (χ3v) is 5.76. The largest absolute Gasteiger partial charge is 0.349 e.